The molecule has 5 heteroatoms. The zero-order chi connectivity index (χ0) is 10.5. The molecule has 3 N–H and O–H groups in total. The first-order valence-electron chi connectivity index (χ1n) is 4.08. The second kappa shape index (κ2) is 5.16. The lowest BCUT2D eigenvalue weighted by atomic mass is 10.2. The molecule has 5 nitrogen and oxygen atoms in total. The Bertz CT molecular complexity index is 165. The molecule has 0 aliphatic rings. The Kier molecular flexibility index (Phi) is 4.90. The van der Waals surface area contributed by atoms with E-state index in [0.717, 1.165) is 0 Å². The molecule has 0 spiro atoms. The maximum atomic E-state index is 11.1. The third-order valence-corrected chi connectivity index (χ3v) is 1.25. The van der Waals surface area contributed by atoms with Crippen LogP contribution in [0.4, 0.5) is 0 Å². The average Bonchev–Trinajstić information content (AvgIpc) is 2.00. The second-order valence-electron chi connectivity index (χ2n) is 3.68. The zero-order valence-corrected chi connectivity index (χ0v) is 8.59. The van der Waals surface area contributed by atoms with E-state index < -0.39 is 11.7 Å². The molecule has 0 aromatic rings. The van der Waals surface area contributed by atoms with Crippen LogP contribution in [-0.4, -0.2) is 31.3 Å². The molecule has 0 saturated carbocycles. The Labute approximate surface area is 78.5 Å². The number of nitrogens with two attached hydrogens (primary N) is 1. The molecule has 1 atom stereocenters. The number of hydrogen-bond acceptors (Lipinski definition) is 4. The Morgan fingerprint density at radius 1 is 1.54 bits per heavy atom. The molecule has 0 radical (unpaired) electrons. The van der Waals surface area contributed by atoms with Crippen LogP contribution in [0.1, 0.15) is 20.8 Å². The SMILES string of the molecule is COCC(OC(C)(C)C)C(=O)NN. The summed E-state index contributed by atoms with van der Waals surface area (Å²) in [4.78, 5) is 11.1. The van der Waals surface area contributed by atoms with Crippen LogP contribution in [0, 0.1) is 0 Å². The number of hydrazine groups is 1. The predicted molar refractivity (Wildman–Crippen MR) is 48.8 cm³/mol. The van der Waals surface area contributed by atoms with Gasteiger partial charge in [0.1, 0.15) is 0 Å². The number of carbonyl (C=O) groups excluding carboxylic acids is 1. The normalized spacial score (nSPS) is 13.9. The van der Waals surface area contributed by atoms with Crippen molar-refractivity contribution in [3.05, 3.63) is 0 Å². The smallest absolute Gasteiger partial charge is 0.265 e. The van der Waals surface area contributed by atoms with Gasteiger partial charge in [-0.05, 0) is 20.8 Å². The van der Waals surface area contributed by atoms with Crippen molar-refractivity contribution in [2.45, 2.75) is 32.5 Å². The molecule has 0 aliphatic carbocycles. The number of hydrogen-bond donors (Lipinski definition) is 2. The highest BCUT2D eigenvalue weighted by atomic mass is 16.5. The molecule has 13 heavy (non-hydrogen) atoms. The molecule has 0 saturated heterocycles. The van der Waals surface area contributed by atoms with Gasteiger partial charge in [0.15, 0.2) is 6.10 Å². The van der Waals surface area contributed by atoms with E-state index >= 15 is 0 Å². The van der Waals surface area contributed by atoms with Gasteiger partial charge in [-0.1, -0.05) is 0 Å². The third-order valence-electron chi connectivity index (χ3n) is 1.25. The summed E-state index contributed by atoms with van der Waals surface area (Å²) in [6, 6.07) is 0. The van der Waals surface area contributed by atoms with Crippen molar-refractivity contribution in [1.82, 2.24) is 5.43 Å². The zero-order valence-electron chi connectivity index (χ0n) is 8.59. The van der Waals surface area contributed by atoms with Gasteiger partial charge in [-0.2, -0.15) is 0 Å². The van der Waals surface area contributed by atoms with Gasteiger partial charge in [0, 0.05) is 7.11 Å². The topological polar surface area (TPSA) is 73.6 Å². The molecule has 0 rings (SSSR count). The van der Waals surface area contributed by atoms with Crippen molar-refractivity contribution in [3.8, 4) is 0 Å². The van der Waals surface area contributed by atoms with Gasteiger partial charge in [-0.3, -0.25) is 10.2 Å². The van der Waals surface area contributed by atoms with E-state index in [9.17, 15) is 4.79 Å². The molecule has 0 heterocycles. The van der Waals surface area contributed by atoms with Crippen molar-refractivity contribution >= 4 is 5.91 Å². The Morgan fingerprint density at radius 2 is 2.08 bits per heavy atom. The highest BCUT2D eigenvalue weighted by molar-refractivity contribution is 5.80. The van der Waals surface area contributed by atoms with Gasteiger partial charge in [0.2, 0.25) is 0 Å². The highest BCUT2D eigenvalue weighted by Crippen LogP contribution is 2.10. The monoisotopic (exact) mass is 190 g/mol. The molecule has 0 aromatic carbocycles. The largest absolute Gasteiger partial charge is 0.381 e. The lowest BCUT2D eigenvalue weighted by Gasteiger charge is -2.25. The lowest BCUT2D eigenvalue weighted by Crippen LogP contribution is -2.45. The maximum absolute atomic E-state index is 11.1. The van der Waals surface area contributed by atoms with Crippen LogP contribution < -0.4 is 11.3 Å². The number of methoxy groups -OCH3 is 1. The van der Waals surface area contributed by atoms with E-state index in [1.807, 2.05) is 26.2 Å². The Balaban J connectivity index is 4.17. The molecular formula is C8H18N2O3. The summed E-state index contributed by atoms with van der Waals surface area (Å²) in [5, 5.41) is 0. The van der Waals surface area contributed by atoms with Crippen LogP contribution in [0.2, 0.25) is 0 Å². The standard InChI is InChI=1S/C8H18N2O3/c1-8(2,3)13-6(5-12-4)7(11)10-9/h6H,5,9H2,1-4H3,(H,10,11). The summed E-state index contributed by atoms with van der Waals surface area (Å²) < 4.78 is 10.2. The van der Waals surface area contributed by atoms with Crippen LogP contribution in [0.25, 0.3) is 0 Å². The third kappa shape index (κ3) is 5.57. The predicted octanol–water partition coefficient (Wildman–Crippen LogP) is -0.194. The summed E-state index contributed by atoms with van der Waals surface area (Å²) >= 11 is 0. The van der Waals surface area contributed by atoms with Crippen molar-refractivity contribution in [1.29, 1.82) is 0 Å². The van der Waals surface area contributed by atoms with E-state index in [2.05, 4.69) is 0 Å². The molecule has 0 aromatic heterocycles. The van der Waals surface area contributed by atoms with Crippen LogP contribution in [0.5, 0.6) is 0 Å². The number of rotatable bonds is 4. The second-order valence-corrected chi connectivity index (χ2v) is 3.68. The van der Waals surface area contributed by atoms with Crippen LogP contribution in [-0.2, 0) is 14.3 Å². The number of amides is 1. The molecule has 0 fully saturated rings. The van der Waals surface area contributed by atoms with Crippen molar-refractivity contribution in [2.75, 3.05) is 13.7 Å². The van der Waals surface area contributed by atoms with Gasteiger partial charge in [-0.15, -0.1) is 0 Å². The first kappa shape index (κ1) is 12.3. The first-order chi connectivity index (χ1) is 5.90. The van der Waals surface area contributed by atoms with Crippen molar-refractivity contribution < 1.29 is 14.3 Å². The summed E-state index contributed by atoms with van der Waals surface area (Å²) in [5.41, 5.74) is 1.64. The average molecular weight is 190 g/mol. The lowest BCUT2D eigenvalue weighted by molar-refractivity contribution is -0.148. The van der Waals surface area contributed by atoms with Crippen LogP contribution in [0.3, 0.4) is 0 Å². The number of nitrogens with one attached hydrogen (secondary N) is 1. The molecule has 1 amide bonds. The van der Waals surface area contributed by atoms with Gasteiger partial charge in [0.25, 0.3) is 5.91 Å². The minimum absolute atomic E-state index is 0.195. The van der Waals surface area contributed by atoms with Gasteiger partial charge in [0.05, 0.1) is 12.2 Å². The molecule has 78 valence electrons. The maximum Gasteiger partial charge on any atom is 0.265 e. The van der Waals surface area contributed by atoms with Crippen molar-refractivity contribution in [3.63, 3.8) is 0 Å². The van der Waals surface area contributed by atoms with E-state index in [-0.39, 0.29) is 12.5 Å². The summed E-state index contributed by atoms with van der Waals surface area (Å²) in [7, 11) is 1.50. The molecular weight excluding hydrogens is 172 g/mol. The minimum Gasteiger partial charge on any atom is -0.381 e. The van der Waals surface area contributed by atoms with Gasteiger partial charge < -0.3 is 9.47 Å². The van der Waals surface area contributed by atoms with Gasteiger partial charge in [-0.25, -0.2) is 5.84 Å². The Morgan fingerprint density at radius 3 is 2.38 bits per heavy atom. The van der Waals surface area contributed by atoms with E-state index in [1.54, 1.807) is 0 Å². The number of ether oxygens (including phenoxy) is 2. The highest BCUT2D eigenvalue weighted by Gasteiger charge is 2.24. The van der Waals surface area contributed by atoms with Crippen LogP contribution in [0.15, 0.2) is 0 Å². The quantitative estimate of drug-likeness (QED) is 0.366. The fraction of sp³-hybridized carbons (Fsp3) is 0.875. The fourth-order valence-corrected chi connectivity index (χ4v) is 0.834. The summed E-state index contributed by atoms with van der Waals surface area (Å²) in [5.74, 6) is 4.61. The summed E-state index contributed by atoms with van der Waals surface area (Å²) in [6.07, 6.45) is -0.657. The molecule has 1 unspecified atom stereocenters. The molecule has 0 bridgehead atoms. The number of carbonyl (C=O) groups is 1. The van der Waals surface area contributed by atoms with Gasteiger partial charge >= 0.3 is 0 Å². The van der Waals surface area contributed by atoms with E-state index in [4.69, 9.17) is 15.3 Å². The van der Waals surface area contributed by atoms with E-state index in [1.165, 1.54) is 7.11 Å². The Hall–Kier alpha value is -0.650. The van der Waals surface area contributed by atoms with Crippen molar-refractivity contribution in [2.24, 2.45) is 5.84 Å². The van der Waals surface area contributed by atoms with Crippen LogP contribution >= 0.6 is 0 Å². The molecule has 0 aliphatic heterocycles. The fourth-order valence-electron chi connectivity index (χ4n) is 0.834. The van der Waals surface area contributed by atoms with E-state index in [0.29, 0.717) is 0 Å². The minimum atomic E-state index is -0.657. The first-order valence-corrected chi connectivity index (χ1v) is 4.08. The summed E-state index contributed by atoms with van der Waals surface area (Å²) in [6.45, 7) is 5.78.